The minimum atomic E-state index is -0.434. The highest BCUT2D eigenvalue weighted by Gasteiger charge is 2.35. The van der Waals surface area contributed by atoms with E-state index in [4.69, 9.17) is 11.6 Å². The Labute approximate surface area is 184 Å². The van der Waals surface area contributed by atoms with Crippen molar-refractivity contribution in [1.82, 2.24) is 0 Å². The number of anilines is 3. The average Bonchev–Trinajstić information content (AvgIpc) is 3.18. The number of rotatable bonds is 5. The van der Waals surface area contributed by atoms with Crippen LogP contribution in [0.2, 0.25) is 5.02 Å². The second-order valence-electron chi connectivity index (χ2n) is 7.24. The van der Waals surface area contributed by atoms with Crippen molar-refractivity contribution in [3.8, 4) is 0 Å². The maximum atomic E-state index is 12.7. The van der Waals surface area contributed by atoms with Crippen molar-refractivity contribution in [2.75, 3.05) is 22.1 Å². The van der Waals surface area contributed by atoms with Gasteiger partial charge < -0.3 is 15.5 Å². The Morgan fingerprint density at radius 1 is 0.871 bits per heavy atom. The highest BCUT2D eigenvalue weighted by atomic mass is 35.5. The first-order valence-corrected chi connectivity index (χ1v) is 10.2. The second-order valence-corrected chi connectivity index (χ2v) is 7.65. The van der Waals surface area contributed by atoms with Crippen LogP contribution in [0, 0.1) is 5.92 Å². The monoisotopic (exact) mass is 433 g/mol. The van der Waals surface area contributed by atoms with E-state index in [0.717, 1.165) is 5.69 Å². The molecule has 4 rings (SSSR count). The number of para-hydroxylation sites is 2. The standard InChI is InChI=1S/C24H20ClN3O3/c25-20-8-4-5-9-21(20)27-23(30)16-10-12-18(13-11-16)26-24(31)17-14-22(29)28(15-17)19-6-2-1-3-7-19/h1-13,17H,14-15H2,(H,26,31)(H,27,30). The summed E-state index contributed by atoms with van der Waals surface area (Å²) < 4.78 is 0. The topological polar surface area (TPSA) is 78.5 Å². The minimum absolute atomic E-state index is 0.0714. The van der Waals surface area contributed by atoms with Gasteiger partial charge in [-0.15, -0.1) is 0 Å². The van der Waals surface area contributed by atoms with Crippen molar-refractivity contribution in [2.24, 2.45) is 5.92 Å². The Morgan fingerprint density at radius 3 is 2.26 bits per heavy atom. The maximum absolute atomic E-state index is 12.7. The summed E-state index contributed by atoms with van der Waals surface area (Å²) in [4.78, 5) is 39.0. The number of hydrogen-bond acceptors (Lipinski definition) is 3. The van der Waals surface area contributed by atoms with E-state index in [0.29, 0.717) is 28.5 Å². The Bertz CT molecular complexity index is 1120. The van der Waals surface area contributed by atoms with Gasteiger partial charge in [-0.05, 0) is 48.5 Å². The summed E-state index contributed by atoms with van der Waals surface area (Å²) in [7, 11) is 0. The number of benzene rings is 3. The lowest BCUT2D eigenvalue weighted by molar-refractivity contribution is -0.122. The fourth-order valence-electron chi connectivity index (χ4n) is 3.45. The van der Waals surface area contributed by atoms with Gasteiger partial charge in [0, 0.05) is 29.9 Å². The van der Waals surface area contributed by atoms with Crippen LogP contribution >= 0.6 is 11.6 Å². The predicted molar refractivity (Wildman–Crippen MR) is 121 cm³/mol. The number of halogens is 1. The van der Waals surface area contributed by atoms with Gasteiger partial charge in [-0.2, -0.15) is 0 Å². The Hall–Kier alpha value is -3.64. The summed E-state index contributed by atoms with van der Waals surface area (Å²) in [5.41, 5.74) is 2.31. The molecule has 3 aromatic rings. The van der Waals surface area contributed by atoms with Gasteiger partial charge in [-0.3, -0.25) is 14.4 Å². The van der Waals surface area contributed by atoms with Crippen LogP contribution in [-0.2, 0) is 9.59 Å². The number of nitrogens with zero attached hydrogens (tertiary/aromatic N) is 1. The van der Waals surface area contributed by atoms with Crippen LogP contribution in [0.1, 0.15) is 16.8 Å². The highest BCUT2D eigenvalue weighted by molar-refractivity contribution is 6.33. The third-order valence-corrected chi connectivity index (χ3v) is 5.43. The van der Waals surface area contributed by atoms with Crippen molar-refractivity contribution < 1.29 is 14.4 Å². The summed E-state index contributed by atoms with van der Waals surface area (Å²) in [6, 6.07) is 22.9. The fourth-order valence-corrected chi connectivity index (χ4v) is 3.63. The first-order chi connectivity index (χ1) is 15.0. The summed E-state index contributed by atoms with van der Waals surface area (Å²) in [6.45, 7) is 0.340. The third kappa shape index (κ3) is 4.75. The molecule has 1 unspecified atom stereocenters. The normalized spacial score (nSPS) is 15.6. The minimum Gasteiger partial charge on any atom is -0.326 e. The van der Waals surface area contributed by atoms with E-state index < -0.39 is 5.92 Å². The number of amides is 3. The van der Waals surface area contributed by atoms with Gasteiger partial charge in [0.25, 0.3) is 5.91 Å². The van der Waals surface area contributed by atoms with E-state index in [1.165, 1.54) is 0 Å². The molecule has 0 saturated carbocycles. The lowest BCUT2D eigenvalue weighted by atomic mass is 10.1. The molecule has 1 fully saturated rings. The van der Waals surface area contributed by atoms with Gasteiger partial charge >= 0.3 is 0 Å². The smallest absolute Gasteiger partial charge is 0.255 e. The number of nitrogens with one attached hydrogen (secondary N) is 2. The third-order valence-electron chi connectivity index (χ3n) is 5.10. The van der Waals surface area contributed by atoms with Crippen LogP contribution in [0.15, 0.2) is 78.9 Å². The lowest BCUT2D eigenvalue weighted by Gasteiger charge is -2.16. The lowest BCUT2D eigenvalue weighted by Crippen LogP contribution is -2.28. The highest BCUT2D eigenvalue weighted by Crippen LogP contribution is 2.26. The molecule has 31 heavy (non-hydrogen) atoms. The van der Waals surface area contributed by atoms with Gasteiger partial charge in [-0.1, -0.05) is 41.9 Å². The molecule has 0 spiro atoms. The Balaban J connectivity index is 1.37. The summed E-state index contributed by atoms with van der Waals surface area (Å²) in [6.07, 6.45) is 0.166. The fraction of sp³-hybridized carbons (Fsp3) is 0.125. The zero-order valence-electron chi connectivity index (χ0n) is 16.5. The molecule has 1 saturated heterocycles. The van der Waals surface area contributed by atoms with Crippen molar-refractivity contribution in [2.45, 2.75) is 6.42 Å². The number of carbonyl (C=O) groups excluding carboxylic acids is 3. The molecular weight excluding hydrogens is 414 g/mol. The SMILES string of the molecule is O=C(Nc1ccccc1Cl)c1ccc(NC(=O)C2CC(=O)N(c3ccccc3)C2)cc1. The molecule has 2 N–H and O–H groups in total. The van der Waals surface area contributed by atoms with Crippen molar-refractivity contribution in [1.29, 1.82) is 0 Å². The van der Waals surface area contributed by atoms with E-state index in [1.54, 1.807) is 53.4 Å². The maximum Gasteiger partial charge on any atom is 0.255 e. The molecule has 7 heteroatoms. The average molecular weight is 434 g/mol. The molecule has 156 valence electrons. The van der Waals surface area contributed by atoms with Gasteiger partial charge in [0.1, 0.15) is 0 Å². The summed E-state index contributed by atoms with van der Waals surface area (Å²) in [5, 5.41) is 6.04. The van der Waals surface area contributed by atoms with Crippen LogP contribution in [0.25, 0.3) is 0 Å². The van der Waals surface area contributed by atoms with Crippen LogP contribution in [0.3, 0.4) is 0 Å². The number of carbonyl (C=O) groups is 3. The molecule has 1 aliphatic rings. The first-order valence-electron chi connectivity index (χ1n) is 9.83. The van der Waals surface area contributed by atoms with Gasteiger partial charge in [-0.25, -0.2) is 0 Å². The van der Waals surface area contributed by atoms with E-state index in [1.807, 2.05) is 30.3 Å². The summed E-state index contributed by atoms with van der Waals surface area (Å²) >= 11 is 6.07. The van der Waals surface area contributed by atoms with Crippen LogP contribution < -0.4 is 15.5 Å². The van der Waals surface area contributed by atoms with E-state index >= 15 is 0 Å². The van der Waals surface area contributed by atoms with E-state index in [2.05, 4.69) is 10.6 Å². The molecule has 1 aliphatic heterocycles. The van der Waals surface area contributed by atoms with Gasteiger partial charge in [0.15, 0.2) is 0 Å². The second kappa shape index (κ2) is 9.02. The van der Waals surface area contributed by atoms with Crippen LogP contribution in [0.4, 0.5) is 17.1 Å². The zero-order valence-corrected chi connectivity index (χ0v) is 17.3. The molecular formula is C24H20ClN3O3. The van der Waals surface area contributed by atoms with E-state index in [9.17, 15) is 14.4 Å². The molecule has 3 aromatic carbocycles. The molecule has 0 aliphatic carbocycles. The van der Waals surface area contributed by atoms with Crippen LogP contribution in [0.5, 0.6) is 0 Å². The molecule has 0 bridgehead atoms. The van der Waals surface area contributed by atoms with Crippen molar-refractivity contribution in [3.63, 3.8) is 0 Å². The largest absolute Gasteiger partial charge is 0.326 e. The Morgan fingerprint density at radius 2 is 1.55 bits per heavy atom. The van der Waals surface area contributed by atoms with Crippen molar-refractivity contribution >= 4 is 46.4 Å². The quantitative estimate of drug-likeness (QED) is 0.618. The predicted octanol–water partition coefficient (Wildman–Crippen LogP) is 4.58. The molecule has 0 aromatic heterocycles. The molecule has 6 nitrogen and oxygen atoms in total. The van der Waals surface area contributed by atoms with E-state index in [-0.39, 0.29) is 24.1 Å². The molecule has 1 heterocycles. The Kier molecular flexibility index (Phi) is 6.00. The van der Waals surface area contributed by atoms with Gasteiger partial charge in [0.2, 0.25) is 11.8 Å². The molecule has 1 atom stereocenters. The summed E-state index contributed by atoms with van der Waals surface area (Å²) in [5.74, 6) is -1.03. The van der Waals surface area contributed by atoms with Crippen LogP contribution in [-0.4, -0.2) is 24.3 Å². The molecule has 3 amide bonds. The molecule has 0 radical (unpaired) electrons. The van der Waals surface area contributed by atoms with Crippen molar-refractivity contribution in [3.05, 3.63) is 89.4 Å². The zero-order chi connectivity index (χ0) is 21.8. The van der Waals surface area contributed by atoms with Gasteiger partial charge in [0.05, 0.1) is 16.6 Å². The number of hydrogen-bond donors (Lipinski definition) is 2. The first kappa shape index (κ1) is 20.6.